The molecule has 1 aromatic carbocycles. The van der Waals surface area contributed by atoms with Gasteiger partial charge in [0.1, 0.15) is 5.75 Å². The normalized spacial score (nSPS) is 27.6. The van der Waals surface area contributed by atoms with Crippen LogP contribution in [-0.2, 0) is 6.42 Å². The van der Waals surface area contributed by atoms with E-state index in [4.69, 9.17) is 10.00 Å². The number of hydrogen-bond donors (Lipinski definition) is 0. The topological polar surface area (TPSA) is 33.0 Å². The van der Waals surface area contributed by atoms with Gasteiger partial charge in [-0.25, -0.2) is 0 Å². The van der Waals surface area contributed by atoms with Crippen LogP contribution in [0, 0.1) is 17.2 Å². The fraction of sp³-hybridized carbons (Fsp3) is 0.417. The number of nitrogens with zero attached hydrogens (tertiary/aromatic N) is 1. The second-order valence-electron chi connectivity index (χ2n) is 4.04. The van der Waals surface area contributed by atoms with Gasteiger partial charge in [-0.3, -0.25) is 0 Å². The summed E-state index contributed by atoms with van der Waals surface area (Å²) in [7, 11) is 0. The van der Waals surface area contributed by atoms with Crippen LogP contribution in [0.25, 0.3) is 0 Å². The van der Waals surface area contributed by atoms with Crippen molar-refractivity contribution in [3.63, 3.8) is 0 Å². The maximum Gasteiger partial charge on any atom is 0.122 e. The summed E-state index contributed by atoms with van der Waals surface area (Å²) in [5.41, 5.74) is 2.63. The minimum Gasteiger partial charge on any atom is -0.493 e. The second-order valence-corrected chi connectivity index (χ2v) is 4.04. The molecule has 0 radical (unpaired) electrons. The molecule has 14 heavy (non-hydrogen) atoms. The third-order valence-electron chi connectivity index (χ3n) is 3.10. The Kier molecular flexibility index (Phi) is 1.55. The molecule has 0 N–H and O–H groups in total. The predicted octanol–water partition coefficient (Wildman–Crippen LogP) is 2.25. The van der Waals surface area contributed by atoms with Gasteiger partial charge in [0, 0.05) is 12.3 Å². The van der Waals surface area contributed by atoms with E-state index in [9.17, 15) is 0 Å². The van der Waals surface area contributed by atoms with E-state index < -0.39 is 0 Å². The average molecular weight is 185 g/mol. The molecule has 0 bridgehead atoms. The average Bonchev–Trinajstić information content (AvgIpc) is 2.87. The summed E-state index contributed by atoms with van der Waals surface area (Å²) in [6.07, 6.45) is 2.06. The monoisotopic (exact) mass is 185 g/mol. The van der Waals surface area contributed by atoms with Gasteiger partial charge in [0.05, 0.1) is 18.6 Å². The highest BCUT2D eigenvalue weighted by Crippen LogP contribution is 2.47. The van der Waals surface area contributed by atoms with E-state index in [2.05, 4.69) is 18.2 Å². The van der Waals surface area contributed by atoms with Gasteiger partial charge in [-0.15, -0.1) is 0 Å². The molecule has 3 rings (SSSR count). The quantitative estimate of drug-likeness (QED) is 0.672. The number of hydrogen-bond acceptors (Lipinski definition) is 2. The lowest BCUT2D eigenvalue weighted by atomic mass is 10.0. The predicted molar refractivity (Wildman–Crippen MR) is 52.1 cm³/mol. The van der Waals surface area contributed by atoms with Gasteiger partial charge in [0.15, 0.2) is 0 Å². The molecule has 0 aromatic heterocycles. The zero-order valence-electron chi connectivity index (χ0n) is 7.86. The molecule has 0 saturated heterocycles. The molecule has 1 heterocycles. The van der Waals surface area contributed by atoms with Gasteiger partial charge in [0.2, 0.25) is 0 Å². The van der Waals surface area contributed by atoms with Crippen molar-refractivity contribution in [3.05, 3.63) is 29.3 Å². The summed E-state index contributed by atoms with van der Waals surface area (Å²) in [6, 6.07) is 8.69. The molecule has 2 unspecified atom stereocenters. The van der Waals surface area contributed by atoms with E-state index in [1.54, 1.807) is 0 Å². The van der Waals surface area contributed by atoms with E-state index in [1.165, 1.54) is 11.1 Å². The summed E-state index contributed by atoms with van der Waals surface area (Å²) < 4.78 is 5.44. The molecule has 1 aliphatic heterocycles. The van der Waals surface area contributed by atoms with Crippen LogP contribution in [0.15, 0.2) is 18.2 Å². The molecule has 0 amide bonds. The van der Waals surface area contributed by atoms with Gasteiger partial charge in [-0.1, -0.05) is 12.1 Å². The lowest BCUT2D eigenvalue weighted by Gasteiger charge is -2.01. The van der Waals surface area contributed by atoms with Gasteiger partial charge >= 0.3 is 0 Å². The Balaban J connectivity index is 1.91. The molecule has 2 atom stereocenters. The molecule has 2 aliphatic rings. The Hall–Kier alpha value is -1.49. The van der Waals surface area contributed by atoms with Crippen molar-refractivity contribution in [1.82, 2.24) is 0 Å². The molecule has 1 aromatic rings. The molecular formula is C12H11NO. The Labute approximate surface area is 83.1 Å². The van der Waals surface area contributed by atoms with E-state index >= 15 is 0 Å². The molecule has 2 nitrogen and oxygen atoms in total. The minimum atomic E-state index is 0.260. The van der Waals surface area contributed by atoms with Gasteiger partial charge in [-0.05, 0) is 23.6 Å². The fourth-order valence-corrected chi connectivity index (χ4v) is 2.14. The Morgan fingerprint density at radius 1 is 1.43 bits per heavy atom. The molecule has 0 spiro atoms. The van der Waals surface area contributed by atoms with Crippen molar-refractivity contribution in [2.75, 3.05) is 6.61 Å². The smallest absolute Gasteiger partial charge is 0.122 e. The van der Waals surface area contributed by atoms with Crippen LogP contribution in [0.1, 0.15) is 23.5 Å². The third kappa shape index (κ3) is 1.09. The summed E-state index contributed by atoms with van der Waals surface area (Å²) in [5.74, 6) is 1.78. The Morgan fingerprint density at radius 3 is 3.14 bits per heavy atom. The summed E-state index contributed by atoms with van der Waals surface area (Å²) in [6.45, 7) is 0.811. The van der Waals surface area contributed by atoms with Crippen molar-refractivity contribution < 1.29 is 4.74 Å². The first-order valence-electron chi connectivity index (χ1n) is 5.04. The van der Waals surface area contributed by atoms with Gasteiger partial charge < -0.3 is 4.74 Å². The number of nitriles is 1. The lowest BCUT2D eigenvalue weighted by Crippen LogP contribution is -1.85. The number of rotatable bonds is 1. The van der Waals surface area contributed by atoms with Crippen LogP contribution in [-0.4, -0.2) is 6.61 Å². The highest BCUT2D eigenvalue weighted by atomic mass is 16.5. The van der Waals surface area contributed by atoms with Crippen LogP contribution in [0.5, 0.6) is 5.75 Å². The van der Waals surface area contributed by atoms with E-state index in [0.717, 1.165) is 25.2 Å². The highest BCUT2D eigenvalue weighted by molar-refractivity contribution is 5.43. The van der Waals surface area contributed by atoms with Crippen molar-refractivity contribution in [1.29, 1.82) is 5.26 Å². The van der Waals surface area contributed by atoms with Crippen molar-refractivity contribution in [2.45, 2.75) is 18.8 Å². The van der Waals surface area contributed by atoms with Crippen LogP contribution in [0.3, 0.4) is 0 Å². The molecule has 1 aliphatic carbocycles. The first-order chi connectivity index (χ1) is 6.88. The largest absolute Gasteiger partial charge is 0.493 e. The maximum atomic E-state index is 8.76. The van der Waals surface area contributed by atoms with E-state index in [0.29, 0.717) is 5.92 Å². The fourth-order valence-electron chi connectivity index (χ4n) is 2.14. The first-order valence-corrected chi connectivity index (χ1v) is 5.04. The number of ether oxygens (including phenoxy) is 1. The van der Waals surface area contributed by atoms with Gasteiger partial charge in [0.25, 0.3) is 0 Å². The molecule has 2 heteroatoms. The van der Waals surface area contributed by atoms with Crippen LogP contribution < -0.4 is 4.74 Å². The van der Waals surface area contributed by atoms with Crippen LogP contribution >= 0.6 is 0 Å². The molecule has 70 valence electrons. The minimum absolute atomic E-state index is 0.260. The Morgan fingerprint density at radius 2 is 2.36 bits per heavy atom. The standard InChI is InChI=1S/C12H11NO/c13-7-10-6-11(10)8-1-2-12-9(5-8)3-4-14-12/h1-2,5,10-11H,3-4,6H2. The molecule has 1 saturated carbocycles. The Bertz CT molecular complexity index is 419. The van der Waals surface area contributed by atoms with Crippen molar-refractivity contribution in [2.24, 2.45) is 5.92 Å². The van der Waals surface area contributed by atoms with Crippen molar-refractivity contribution >= 4 is 0 Å². The molecule has 1 fully saturated rings. The number of benzene rings is 1. The second kappa shape index (κ2) is 2.75. The van der Waals surface area contributed by atoms with Crippen molar-refractivity contribution in [3.8, 4) is 11.8 Å². The third-order valence-corrected chi connectivity index (χ3v) is 3.10. The maximum absolute atomic E-state index is 8.76. The highest BCUT2D eigenvalue weighted by Gasteiger charge is 2.38. The summed E-state index contributed by atoms with van der Waals surface area (Å²) in [4.78, 5) is 0. The van der Waals surface area contributed by atoms with E-state index in [1.807, 2.05) is 6.07 Å². The zero-order valence-corrected chi connectivity index (χ0v) is 7.86. The zero-order chi connectivity index (χ0) is 9.54. The van der Waals surface area contributed by atoms with Crippen LogP contribution in [0.2, 0.25) is 0 Å². The van der Waals surface area contributed by atoms with E-state index in [-0.39, 0.29) is 5.92 Å². The molecular weight excluding hydrogens is 174 g/mol. The van der Waals surface area contributed by atoms with Crippen LogP contribution in [0.4, 0.5) is 0 Å². The first kappa shape index (κ1) is 7.87. The summed E-state index contributed by atoms with van der Waals surface area (Å²) in [5, 5.41) is 8.76. The van der Waals surface area contributed by atoms with Gasteiger partial charge in [-0.2, -0.15) is 5.26 Å². The SMILES string of the molecule is N#CC1CC1c1ccc2c(c1)CCO2. The lowest BCUT2D eigenvalue weighted by molar-refractivity contribution is 0.357. The number of fused-ring (bicyclic) bond motifs is 1. The summed E-state index contributed by atoms with van der Waals surface area (Å²) >= 11 is 0.